The van der Waals surface area contributed by atoms with Crippen molar-refractivity contribution in [3.63, 3.8) is 0 Å². The highest BCUT2D eigenvalue weighted by atomic mass is 16.7. The highest BCUT2D eigenvalue weighted by Crippen LogP contribution is 2.40. The summed E-state index contributed by atoms with van der Waals surface area (Å²) in [6.45, 7) is 5.61. The zero-order chi connectivity index (χ0) is 12.8. The average Bonchev–Trinajstić information content (AvgIpc) is 3.21. The third-order valence-corrected chi connectivity index (χ3v) is 3.02. The van der Waals surface area contributed by atoms with Crippen LogP contribution in [0, 0.1) is 0 Å². The quantitative estimate of drug-likeness (QED) is 0.662. The Bertz CT molecular complexity index is 337. The van der Waals surface area contributed by atoms with Gasteiger partial charge in [0.1, 0.15) is 12.4 Å². The van der Waals surface area contributed by atoms with Gasteiger partial charge in [-0.25, -0.2) is 0 Å². The molecule has 0 radical (unpaired) electrons. The van der Waals surface area contributed by atoms with Crippen LogP contribution in [0.4, 0.5) is 0 Å². The minimum Gasteiger partial charge on any atom is -0.488 e. The van der Waals surface area contributed by atoms with Gasteiger partial charge in [-0.1, -0.05) is 12.1 Å². The Kier molecular flexibility index (Phi) is 5.02. The predicted molar refractivity (Wildman–Crippen MR) is 71.0 cm³/mol. The zero-order valence-corrected chi connectivity index (χ0v) is 11.2. The van der Waals surface area contributed by atoms with E-state index in [1.54, 1.807) is 0 Å². The molecule has 3 nitrogen and oxygen atoms in total. The number of rotatable bonds is 8. The van der Waals surface area contributed by atoms with Crippen LogP contribution in [0.15, 0.2) is 24.3 Å². The Labute approximate surface area is 109 Å². The van der Waals surface area contributed by atoms with Gasteiger partial charge in [-0.2, -0.15) is 0 Å². The summed E-state index contributed by atoms with van der Waals surface area (Å²) in [4.78, 5) is 0. The van der Waals surface area contributed by atoms with Crippen LogP contribution >= 0.6 is 0 Å². The monoisotopic (exact) mass is 250 g/mol. The molecule has 0 aromatic heterocycles. The topological polar surface area (TPSA) is 27.7 Å². The molecule has 0 unspecified atom stereocenters. The van der Waals surface area contributed by atoms with Crippen molar-refractivity contribution in [3.8, 4) is 5.75 Å². The Hall–Kier alpha value is -1.06. The molecule has 1 saturated carbocycles. The molecule has 3 heteroatoms. The largest absolute Gasteiger partial charge is 0.488 e. The predicted octanol–water partition coefficient (Wildman–Crippen LogP) is 3.34. The fraction of sp³-hybridized carbons (Fsp3) is 0.600. The van der Waals surface area contributed by atoms with Crippen molar-refractivity contribution in [1.29, 1.82) is 0 Å². The summed E-state index contributed by atoms with van der Waals surface area (Å²) in [6, 6.07) is 8.37. The van der Waals surface area contributed by atoms with Gasteiger partial charge in [0.25, 0.3) is 0 Å². The van der Waals surface area contributed by atoms with Gasteiger partial charge < -0.3 is 14.2 Å². The van der Waals surface area contributed by atoms with E-state index in [0.29, 0.717) is 19.8 Å². The van der Waals surface area contributed by atoms with Gasteiger partial charge in [0.2, 0.25) is 0 Å². The Morgan fingerprint density at radius 1 is 1.06 bits per heavy atom. The molecule has 1 aliphatic rings. The maximum atomic E-state index is 5.68. The van der Waals surface area contributed by atoms with E-state index in [0.717, 1.165) is 11.7 Å². The van der Waals surface area contributed by atoms with E-state index in [1.165, 1.54) is 18.4 Å². The molecule has 0 aliphatic heterocycles. The Morgan fingerprint density at radius 3 is 2.17 bits per heavy atom. The third-order valence-electron chi connectivity index (χ3n) is 3.02. The maximum Gasteiger partial charge on any atom is 0.191 e. The van der Waals surface area contributed by atoms with E-state index in [2.05, 4.69) is 12.1 Å². The summed E-state index contributed by atoms with van der Waals surface area (Å²) in [7, 11) is 0. The van der Waals surface area contributed by atoms with Crippen molar-refractivity contribution in [2.24, 2.45) is 0 Å². The summed E-state index contributed by atoms with van der Waals surface area (Å²) in [5, 5.41) is 0. The first kappa shape index (κ1) is 13.4. The second kappa shape index (κ2) is 6.76. The highest BCUT2D eigenvalue weighted by Gasteiger charge is 2.23. The number of benzene rings is 1. The van der Waals surface area contributed by atoms with E-state index < -0.39 is 0 Å². The number of hydrogen-bond acceptors (Lipinski definition) is 3. The first-order chi connectivity index (χ1) is 8.83. The van der Waals surface area contributed by atoms with Crippen LogP contribution in [-0.2, 0) is 9.47 Å². The van der Waals surface area contributed by atoms with Gasteiger partial charge in [0.05, 0.1) is 0 Å². The summed E-state index contributed by atoms with van der Waals surface area (Å²) >= 11 is 0. The first-order valence-electron chi connectivity index (χ1n) is 6.79. The molecule has 0 bridgehead atoms. The molecular formula is C15H22O3. The molecule has 0 amide bonds. The Morgan fingerprint density at radius 2 is 1.67 bits per heavy atom. The smallest absolute Gasteiger partial charge is 0.191 e. The lowest BCUT2D eigenvalue weighted by atomic mass is 10.1. The van der Waals surface area contributed by atoms with Gasteiger partial charge in [-0.3, -0.25) is 0 Å². The van der Waals surface area contributed by atoms with Gasteiger partial charge in [-0.15, -0.1) is 0 Å². The minimum absolute atomic E-state index is 0.275. The van der Waals surface area contributed by atoms with Crippen molar-refractivity contribution < 1.29 is 14.2 Å². The van der Waals surface area contributed by atoms with Gasteiger partial charge in [0, 0.05) is 13.2 Å². The van der Waals surface area contributed by atoms with Gasteiger partial charge >= 0.3 is 0 Å². The molecule has 18 heavy (non-hydrogen) atoms. The molecule has 1 aromatic carbocycles. The molecule has 1 aliphatic carbocycles. The van der Waals surface area contributed by atoms with E-state index in [4.69, 9.17) is 14.2 Å². The van der Waals surface area contributed by atoms with Crippen LogP contribution in [0.5, 0.6) is 5.75 Å². The standard InChI is InChI=1S/C15H22O3/c1-3-16-15(17-4-2)11-18-14-9-7-13(8-10-14)12-5-6-12/h7-10,12,15H,3-6,11H2,1-2H3. The summed E-state index contributed by atoms with van der Waals surface area (Å²) in [5.41, 5.74) is 1.42. The summed E-state index contributed by atoms with van der Waals surface area (Å²) in [6.07, 6.45) is 2.39. The minimum atomic E-state index is -0.275. The van der Waals surface area contributed by atoms with E-state index >= 15 is 0 Å². The first-order valence-corrected chi connectivity index (χ1v) is 6.79. The fourth-order valence-electron chi connectivity index (χ4n) is 1.93. The maximum absolute atomic E-state index is 5.68. The normalized spacial score (nSPS) is 15.1. The number of ether oxygens (including phenoxy) is 3. The van der Waals surface area contributed by atoms with Crippen molar-refractivity contribution in [3.05, 3.63) is 29.8 Å². The lowest BCUT2D eigenvalue weighted by Crippen LogP contribution is -2.25. The summed E-state index contributed by atoms with van der Waals surface area (Å²) in [5.74, 6) is 1.67. The Balaban J connectivity index is 1.80. The third kappa shape index (κ3) is 4.00. The molecule has 0 heterocycles. The van der Waals surface area contributed by atoms with E-state index in [-0.39, 0.29) is 6.29 Å². The average molecular weight is 250 g/mol. The summed E-state index contributed by atoms with van der Waals surface area (Å²) < 4.78 is 16.5. The van der Waals surface area contributed by atoms with Gasteiger partial charge in [0.15, 0.2) is 6.29 Å². The molecule has 1 fully saturated rings. The molecule has 100 valence electrons. The van der Waals surface area contributed by atoms with E-state index in [1.807, 2.05) is 26.0 Å². The molecule has 2 rings (SSSR count). The second-order valence-electron chi connectivity index (χ2n) is 4.49. The van der Waals surface area contributed by atoms with Gasteiger partial charge in [-0.05, 0) is 50.3 Å². The molecule has 0 atom stereocenters. The lowest BCUT2D eigenvalue weighted by molar-refractivity contribution is -0.152. The van der Waals surface area contributed by atoms with Crippen LogP contribution in [0.1, 0.15) is 38.2 Å². The number of hydrogen-bond donors (Lipinski definition) is 0. The van der Waals surface area contributed by atoms with Crippen molar-refractivity contribution >= 4 is 0 Å². The molecular weight excluding hydrogens is 228 g/mol. The molecule has 0 N–H and O–H groups in total. The van der Waals surface area contributed by atoms with Crippen molar-refractivity contribution in [2.75, 3.05) is 19.8 Å². The highest BCUT2D eigenvalue weighted by molar-refractivity contribution is 5.31. The van der Waals surface area contributed by atoms with Crippen molar-refractivity contribution in [2.45, 2.75) is 38.9 Å². The van der Waals surface area contributed by atoms with Crippen LogP contribution < -0.4 is 4.74 Å². The van der Waals surface area contributed by atoms with E-state index in [9.17, 15) is 0 Å². The van der Waals surface area contributed by atoms with Crippen molar-refractivity contribution in [1.82, 2.24) is 0 Å². The zero-order valence-electron chi connectivity index (χ0n) is 11.2. The second-order valence-corrected chi connectivity index (χ2v) is 4.49. The lowest BCUT2D eigenvalue weighted by Gasteiger charge is -2.17. The molecule has 0 spiro atoms. The van der Waals surface area contributed by atoms with Crippen LogP contribution in [0.25, 0.3) is 0 Å². The van der Waals surface area contributed by atoms with Crippen LogP contribution in [-0.4, -0.2) is 26.1 Å². The van der Waals surface area contributed by atoms with Crippen LogP contribution in [0.3, 0.4) is 0 Å². The molecule has 1 aromatic rings. The SMILES string of the molecule is CCOC(COc1ccc(C2CC2)cc1)OCC. The molecule has 0 saturated heterocycles. The fourth-order valence-corrected chi connectivity index (χ4v) is 1.93. The van der Waals surface area contributed by atoms with Crippen LogP contribution in [0.2, 0.25) is 0 Å².